The molecule has 1 aliphatic heterocycles. The number of anilines is 1. The van der Waals surface area contributed by atoms with Gasteiger partial charge in [0.25, 0.3) is 6.47 Å². The SMILES string of the molecule is COc1c(OCCCN2CCCC2)cc2nc3c(F)cccc3c(NC(C)C)c2c1OC=O. The third-order valence-corrected chi connectivity index (χ3v) is 5.80. The first-order chi connectivity index (χ1) is 16.0. The van der Waals surface area contributed by atoms with E-state index in [1.54, 1.807) is 18.2 Å². The van der Waals surface area contributed by atoms with Gasteiger partial charge in [0, 0.05) is 24.0 Å². The average molecular weight is 456 g/mol. The minimum Gasteiger partial charge on any atom is -0.490 e. The molecule has 0 atom stereocenters. The number of carbonyl (C=O) groups is 1. The number of fused-ring (bicyclic) bond motifs is 2. The van der Waals surface area contributed by atoms with Gasteiger partial charge in [0.05, 0.1) is 30.3 Å². The lowest BCUT2D eigenvalue weighted by molar-refractivity contribution is -0.120. The molecule has 2 aromatic carbocycles. The molecule has 0 saturated carbocycles. The molecule has 0 aliphatic carbocycles. The van der Waals surface area contributed by atoms with E-state index >= 15 is 0 Å². The Morgan fingerprint density at radius 3 is 2.73 bits per heavy atom. The molecule has 0 bridgehead atoms. The van der Waals surface area contributed by atoms with Gasteiger partial charge >= 0.3 is 0 Å². The summed E-state index contributed by atoms with van der Waals surface area (Å²) in [6.07, 6.45) is 3.34. The summed E-state index contributed by atoms with van der Waals surface area (Å²) in [5.41, 5.74) is 1.30. The summed E-state index contributed by atoms with van der Waals surface area (Å²) >= 11 is 0. The van der Waals surface area contributed by atoms with E-state index in [0.29, 0.717) is 46.6 Å². The molecule has 0 amide bonds. The maximum absolute atomic E-state index is 14.7. The van der Waals surface area contributed by atoms with Crippen LogP contribution in [0.5, 0.6) is 17.2 Å². The highest BCUT2D eigenvalue weighted by Gasteiger charge is 2.24. The van der Waals surface area contributed by atoms with Crippen LogP contribution in [0.25, 0.3) is 21.8 Å². The van der Waals surface area contributed by atoms with Gasteiger partial charge in [-0.2, -0.15) is 0 Å². The molecule has 2 heterocycles. The quantitative estimate of drug-likeness (QED) is 0.269. The van der Waals surface area contributed by atoms with Crippen LogP contribution >= 0.6 is 0 Å². The van der Waals surface area contributed by atoms with Gasteiger partial charge in [-0.3, -0.25) is 4.79 Å². The predicted molar refractivity (Wildman–Crippen MR) is 127 cm³/mol. The molecule has 1 fully saturated rings. The lowest BCUT2D eigenvalue weighted by atomic mass is 10.0. The fourth-order valence-corrected chi connectivity index (χ4v) is 4.40. The number of pyridine rings is 1. The molecule has 0 unspecified atom stereocenters. The number of likely N-dealkylation sites (tertiary alicyclic amines) is 1. The van der Waals surface area contributed by atoms with Gasteiger partial charge in [0.1, 0.15) is 11.3 Å². The number of ether oxygens (including phenoxy) is 3. The van der Waals surface area contributed by atoms with Crippen LogP contribution in [0.2, 0.25) is 0 Å². The molecule has 1 saturated heterocycles. The van der Waals surface area contributed by atoms with Crippen LogP contribution in [-0.4, -0.2) is 55.7 Å². The lowest BCUT2D eigenvalue weighted by Gasteiger charge is -2.21. The van der Waals surface area contributed by atoms with Crippen molar-refractivity contribution >= 4 is 34.0 Å². The number of nitrogens with zero attached hydrogens (tertiary/aromatic N) is 2. The van der Waals surface area contributed by atoms with Crippen LogP contribution in [0.4, 0.5) is 10.1 Å². The van der Waals surface area contributed by atoms with Gasteiger partial charge < -0.3 is 24.4 Å². The van der Waals surface area contributed by atoms with Crippen LogP contribution in [-0.2, 0) is 4.79 Å². The fraction of sp³-hybridized carbons (Fsp3) is 0.440. The number of nitrogens with one attached hydrogen (secondary N) is 1. The number of hydrogen-bond donors (Lipinski definition) is 1. The van der Waals surface area contributed by atoms with Gasteiger partial charge in [-0.25, -0.2) is 9.37 Å². The molecule has 0 spiro atoms. The summed E-state index contributed by atoms with van der Waals surface area (Å²) in [5.74, 6) is 0.478. The van der Waals surface area contributed by atoms with Crippen LogP contribution in [0.1, 0.15) is 33.1 Å². The Balaban J connectivity index is 1.81. The number of methoxy groups -OCH3 is 1. The van der Waals surface area contributed by atoms with Crippen molar-refractivity contribution in [2.45, 2.75) is 39.2 Å². The van der Waals surface area contributed by atoms with Crippen molar-refractivity contribution in [2.75, 3.05) is 38.7 Å². The van der Waals surface area contributed by atoms with Gasteiger partial charge in [-0.1, -0.05) is 12.1 Å². The smallest absolute Gasteiger partial charge is 0.298 e. The zero-order valence-corrected chi connectivity index (χ0v) is 19.3. The van der Waals surface area contributed by atoms with Crippen molar-refractivity contribution in [1.82, 2.24) is 9.88 Å². The van der Waals surface area contributed by atoms with E-state index < -0.39 is 5.82 Å². The number of rotatable bonds is 10. The molecule has 0 radical (unpaired) electrons. The first-order valence-electron chi connectivity index (χ1n) is 11.4. The van der Waals surface area contributed by atoms with E-state index in [1.165, 1.54) is 26.0 Å². The van der Waals surface area contributed by atoms with Crippen molar-refractivity contribution in [3.05, 3.63) is 30.1 Å². The van der Waals surface area contributed by atoms with Crippen molar-refractivity contribution in [3.63, 3.8) is 0 Å². The topological polar surface area (TPSA) is 72.9 Å². The zero-order chi connectivity index (χ0) is 23.4. The minimum absolute atomic E-state index is 0.0404. The highest BCUT2D eigenvalue weighted by molar-refractivity contribution is 6.12. The number of para-hydroxylation sites is 1. The van der Waals surface area contributed by atoms with Crippen LogP contribution in [0.3, 0.4) is 0 Å². The number of aromatic nitrogens is 1. The Morgan fingerprint density at radius 2 is 2.03 bits per heavy atom. The zero-order valence-electron chi connectivity index (χ0n) is 19.3. The van der Waals surface area contributed by atoms with Gasteiger partial charge in [0.2, 0.25) is 5.75 Å². The molecule has 8 heteroatoms. The van der Waals surface area contributed by atoms with E-state index in [4.69, 9.17) is 14.2 Å². The Labute approximate surface area is 192 Å². The van der Waals surface area contributed by atoms with E-state index in [-0.39, 0.29) is 17.3 Å². The highest BCUT2D eigenvalue weighted by Crippen LogP contribution is 2.47. The second-order valence-corrected chi connectivity index (χ2v) is 8.52. The van der Waals surface area contributed by atoms with Crippen LogP contribution in [0, 0.1) is 5.82 Å². The molecular weight excluding hydrogens is 425 g/mol. The standard InChI is InChI=1S/C25H30FN3O4/c1-16(2)27-23-17-8-6-9-18(26)22(17)28-19-14-20(24(31-3)25(21(19)23)33-15-30)32-13-7-12-29-10-4-5-11-29/h6,8-9,14-16H,4-5,7,10-13H2,1-3H3,(H,27,28). The highest BCUT2D eigenvalue weighted by atomic mass is 19.1. The number of hydrogen-bond acceptors (Lipinski definition) is 7. The summed E-state index contributed by atoms with van der Waals surface area (Å²) in [4.78, 5) is 18.4. The minimum atomic E-state index is -0.428. The Morgan fingerprint density at radius 1 is 1.24 bits per heavy atom. The Bertz CT molecular complexity index is 1150. The molecule has 33 heavy (non-hydrogen) atoms. The molecular formula is C25H30FN3O4. The van der Waals surface area contributed by atoms with Gasteiger partial charge in [0.15, 0.2) is 11.5 Å². The Kier molecular flexibility index (Phi) is 7.13. The maximum Gasteiger partial charge on any atom is 0.298 e. The second kappa shape index (κ2) is 10.2. The van der Waals surface area contributed by atoms with Gasteiger partial charge in [-0.05, 0) is 52.3 Å². The van der Waals surface area contributed by atoms with Crippen molar-refractivity contribution in [1.29, 1.82) is 0 Å². The first kappa shape index (κ1) is 23.0. The van der Waals surface area contributed by atoms with Crippen molar-refractivity contribution in [3.8, 4) is 17.2 Å². The van der Waals surface area contributed by atoms with E-state index in [0.717, 1.165) is 26.1 Å². The summed E-state index contributed by atoms with van der Waals surface area (Å²) in [5, 5.41) is 4.49. The predicted octanol–water partition coefficient (Wildman–Crippen LogP) is 4.76. The average Bonchev–Trinajstić information content (AvgIpc) is 3.30. The third kappa shape index (κ3) is 4.80. The van der Waals surface area contributed by atoms with E-state index in [1.807, 2.05) is 13.8 Å². The fourth-order valence-electron chi connectivity index (χ4n) is 4.40. The van der Waals surface area contributed by atoms with E-state index in [9.17, 15) is 9.18 Å². The molecule has 7 nitrogen and oxygen atoms in total. The molecule has 1 aliphatic rings. The summed E-state index contributed by atoms with van der Waals surface area (Å²) in [6.45, 7) is 8.00. The molecule has 1 aromatic heterocycles. The molecule has 1 N–H and O–H groups in total. The summed E-state index contributed by atoms with van der Waals surface area (Å²) in [6, 6.07) is 6.56. The van der Waals surface area contributed by atoms with Crippen molar-refractivity contribution in [2.24, 2.45) is 0 Å². The monoisotopic (exact) mass is 455 g/mol. The molecule has 3 aromatic rings. The first-order valence-corrected chi connectivity index (χ1v) is 11.4. The van der Waals surface area contributed by atoms with Crippen molar-refractivity contribution < 1.29 is 23.4 Å². The number of benzene rings is 2. The van der Waals surface area contributed by atoms with Crippen LogP contribution < -0.4 is 19.5 Å². The molecule has 4 rings (SSSR count). The normalized spacial score (nSPS) is 14.2. The second-order valence-electron chi connectivity index (χ2n) is 8.52. The third-order valence-electron chi connectivity index (χ3n) is 5.80. The van der Waals surface area contributed by atoms with Crippen LogP contribution in [0.15, 0.2) is 24.3 Å². The van der Waals surface area contributed by atoms with Gasteiger partial charge in [-0.15, -0.1) is 0 Å². The molecule has 176 valence electrons. The summed E-state index contributed by atoms with van der Waals surface area (Å²) < 4.78 is 31.7. The number of carbonyl (C=O) groups excluding carboxylic acids is 1. The number of halogens is 1. The lowest BCUT2D eigenvalue weighted by Crippen LogP contribution is -2.22. The Hall–Kier alpha value is -3.13. The maximum atomic E-state index is 14.7. The van der Waals surface area contributed by atoms with E-state index in [2.05, 4.69) is 15.2 Å². The summed E-state index contributed by atoms with van der Waals surface area (Å²) in [7, 11) is 1.50. The largest absolute Gasteiger partial charge is 0.490 e.